The van der Waals surface area contributed by atoms with Gasteiger partial charge in [-0.2, -0.15) is 0 Å². The summed E-state index contributed by atoms with van der Waals surface area (Å²) < 4.78 is 40.7. The summed E-state index contributed by atoms with van der Waals surface area (Å²) >= 11 is 0. The fourth-order valence-corrected chi connectivity index (χ4v) is 2.68. The summed E-state index contributed by atoms with van der Waals surface area (Å²) in [6, 6.07) is 4.39. The van der Waals surface area contributed by atoms with Crippen LogP contribution in [0.5, 0.6) is 5.75 Å². The summed E-state index contributed by atoms with van der Waals surface area (Å²) in [5.41, 5.74) is 0.441. The van der Waals surface area contributed by atoms with Crippen LogP contribution < -0.4 is 9.46 Å². The van der Waals surface area contributed by atoms with E-state index in [-0.39, 0.29) is 16.7 Å². The molecular formula is C16H21NO7S. The maximum atomic E-state index is 12.0. The fourth-order valence-electron chi connectivity index (χ4n) is 1.76. The summed E-state index contributed by atoms with van der Waals surface area (Å²) in [6.45, 7) is 2.86. The molecule has 0 amide bonds. The third-order valence-corrected chi connectivity index (χ3v) is 4.29. The molecule has 1 aromatic carbocycles. The van der Waals surface area contributed by atoms with E-state index < -0.39 is 28.6 Å². The molecule has 0 atom stereocenters. The maximum Gasteiger partial charge on any atom is 0.344 e. The predicted octanol–water partition coefficient (Wildman–Crippen LogP) is 1.11. The number of hydrogen-bond acceptors (Lipinski definition) is 7. The second kappa shape index (κ2) is 9.19. The van der Waals surface area contributed by atoms with Crippen molar-refractivity contribution in [3.8, 4) is 5.75 Å². The van der Waals surface area contributed by atoms with Crippen molar-refractivity contribution >= 4 is 28.0 Å². The molecule has 0 aliphatic heterocycles. The molecule has 0 spiro atoms. The van der Waals surface area contributed by atoms with E-state index in [9.17, 15) is 18.0 Å². The number of carbonyl (C=O) groups excluding carboxylic acids is 2. The lowest BCUT2D eigenvalue weighted by Crippen LogP contribution is -2.19. The minimum atomic E-state index is -3.72. The third kappa shape index (κ3) is 6.55. The Hall–Kier alpha value is -2.39. The van der Waals surface area contributed by atoms with E-state index >= 15 is 0 Å². The third-order valence-electron chi connectivity index (χ3n) is 2.86. The number of nitrogens with one attached hydrogen (secondary N) is 1. The molecule has 138 valence electrons. The predicted molar refractivity (Wildman–Crippen MR) is 90.5 cm³/mol. The summed E-state index contributed by atoms with van der Waals surface area (Å²) in [5, 5.41) is 0. The van der Waals surface area contributed by atoms with Crippen LogP contribution in [0.1, 0.15) is 19.4 Å². The molecule has 0 aliphatic carbocycles. The van der Waals surface area contributed by atoms with Gasteiger partial charge in [0.1, 0.15) is 10.6 Å². The van der Waals surface area contributed by atoms with E-state index in [0.29, 0.717) is 5.56 Å². The van der Waals surface area contributed by atoms with Crippen molar-refractivity contribution in [2.45, 2.75) is 24.8 Å². The Balaban J connectivity index is 2.82. The molecular weight excluding hydrogens is 350 g/mol. The number of benzene rings is 1. The van der Waals surface area contributed by atoms with Crippen molar-refractivity contribution in [3.05, 3.63) is 29.8 Å². The van der Waals surface area contributed by atoms with Gasteiger partial charge in [-0.25, -0.2) is 22.7 Å². The van der Waals surface area contributed by atoms with Crippen LogP contribution in [0.2, 0.25) is 0 Å². The number of methoxy groups -OCH3 is 1. The topological polar surface area (TPSA) is 108 Å². The number of sulfonamides is 1. The number of carbonyl (C=O) groups is 2. The highest BCUT2D eigenvalue weighted by Gasteiger charge is 2.17. The molecule has 0 fully saturated rings. The molecule has 8 nitrogen and oxygen atoms in total. The summed E-state index contributed by atoms with van der Waals surface area (Å²) in [6.07, 6.45) is 2.15. The Morgan fingerprint density at radius 1 is 1.28 bits per heavy atom. The lowest BCUT2D eigenvalue weighted by molar-refractivity contribution is -0.158. The van der Waals surface area contributed by atoms with Gasteiger partial charge in [-0.05, 0) is 44.7 Å². The van der Waals surface area contributed by atoms with E-state index in [1.807, 2.05) is 0 Å². The highest BCUT2D eigenvalue weighted by Crippen LogP contribution is 2.25. The van der Waals surface area contributed by atoms with Crippen LogP contribution in [0, 0.1) is 0 Å². The largest absolute Gasteiger partial charge is 0.495 e. The zero-order chi connectivity index (χ0) is 19.0. The Morgan fingerprint density at radius 2 is 1.96 bits per heavy atom. The van der Waals surface area contributed by atoms with Crippen molar-refractivity contribution in [3.63, 3.8) is 0 Å². The van der Waals surface area contributed by atoms with E-state index in [0.717, 1.165) is 6.08 Å². The SMILES string of the molecule is CNS(=O)(=O)c1cc(/C=C/C(=O)OCC(=O)OC(C)C)ccc1OC. The van der Waals surface area contributed by atoms with Gasteiger partial charge in [-0.15, -0.1) is 0 Å². The van der Waals surface area contributed by atoms with Gasteiger partial charge in [-0.3, -0.25) is 0 Å². The summed E-state index contributed by atoms with van der Waals surface area (Å²) in [7, 11) is -1.08. The lowest BCUT2D eigenvalue weighted by Gasteiger charge is -2.09. The number of esters is 2. The summed E-state index contributed by atoms with van der Waals surface area (Å²) in [5.74, 6) is -1.23. The van der Waals surface area contributed by atoms with Gasteiger partial charge in [0.15, 0.2) is 6.61 Å². The van der Waals surface area contributed by atoms with Crippen LogP contribution in [0.3, 0.4) is 0 Å². The zero-order valence-corrected chi connectivity index (χ0v) is 15.3. The molecule has 0 radical (unpaired) electrons. The molecule has 0 aromatic heterocycles. The molecule has 0 saturated heterocycles. The van der Waals surface area contributed by atoms with Gasteiger partial charge in [0.25, 0.3) is 0 Å². The van der Waals surface area contributed by atoms with Crippen molar-refractivity contribution in [2.24, 2.45) is 0 Å². The van der Waals surface area contributed by atoms with Gasteiger partial charge in [-0.1, -0.05) is 6.07 Å². The molecule has 1 aromatic rings. The second-order valence-corrected chi connectivity index (χ2v) is 6.95. The molecule has 0 bridgehead atoms. The van der Waals surface area contributed by atoms with Gasteiger partial charge in [0.05, 0.1) is 13.2 Å². The fraction of sp³-hybridized carbons (Fsp3) is 0.375. The van der Waals surface area contributed by atoms with Crippen molar-refractivity contribution in [1.82, 2.24) is 4.72 Å². The zero-order valence-electron chi connectivity index (χ0n) is 14.4. The first-order valence-electron chi connectivity index (χ1n) is 7.35. The Bertz CT molecular complexity index is 754. The quantitative estimate of drug-likeness (QED) is 0.539. The van der Waals surface area contributed by atoms with Crippen LogP contribution in [0.15, 0.2) is 29.2 Å². The molecule has 25 heavy (non-hydrogen) atoms. The first kappa shape index (κ1) is 20.7. The monoisotopic (exact) mass is 371 g/mol. The van der Waals surface area contributed by atoms with Crippen molar-refractivity contribution < 1.29 is 32.2 Å². The number of hydrogen-bond donors (Lipinski definition) is 1. The van der Waals surface area contributed by atoms with Crippen LogP contribution in [0.4, 0.5) is 0 Å². The first-order chi connectivity index (χ1) is 11.7. The smallest absolute Gasteiger partial charge is 0.344 e. The van der Waals surface area contributed by atoms with E-state index in [1.165, 1.54) is 32.4 Å². The number of ether oxygens (including phenoxy) is 3. The lowest BCUT2D eigenvalue weighted by atomic mass is 10.2. The molecule has 1 N–H and O–H groups in total. The van der Waals surface area contributed by atoms with Crippen molar-refractivity contribution in [2.75, 3.05) is 20.8 Å². The number of rotatable bonds is 8. The van der Waals surface area contributed by atoms with E-state index in [2.05, 4.69) is 4.72 Å². The molecule has 1 rings (SSSR count). The first-order valence-corrected chi connectivity index (χ1v) is 8.83. The van der Waals surface area contributed by atoms with Gasteiger partial charge >= 0.3 is 11.9 Å². The average molecular weight is 371 g/mol. The minimum Gasteiger partial charge on any atom is -0.495 e. The molecule has 0 aliphatic rings. The standard InChI is InChI=1S/C16H21NO7S/c1-11(2)24-16(19)10-23-15(18)8-6-12-5-7-13(22-4)14(9-12)25(20,21)17-3/h5-9,11,17H,10H2,1-4H3/b8-6+. The second-order valence-electron chi connectivity index (χ2n) is 5.10. The average Bonchev–Trinajstić information content (AvgIpc) is 2.57. The molecule has 9 heteroatoms. The van der Waals surface area contributed by atoms with Crippen LogP contribution in [-0.2, 0) is 29.1 Å². The highest BCUT2D eigenvalue weighted by molar-refractivity contribution is 7.89. The molecule has 0 saturated carbocycles. The van der Waals surface area contributed by atoms with Crippen molar-refractivity contribution in [1.29, 1.82) is 0 Å². The molecule has 0 unspecified atom stereocenters. The van der Waals surface area contributed by atoms with Crippen LogP contribution >= 0.6 is 0 Å². The Kier molecular flexibility index (Phi) is 7.59. The minimum absolute atomic E-state index is 0.0615. The van der Waals surface area contributed by atoms with Gasteiger partial charge in [0.2, 0.25) is 10.0 Å². The normalized spacial score (nSPS) is 11.6. The van der Waals surface area contributed by atoms with Crippen LogP contribution in [0.25, 0.3) is 6.08 Å². The maximum absolute atomic E-state index is 12.0. The van der Waals surface area contributed by atoms with E-state index in [1.54, 1.807) is 19.9 Å². The summed E-state index contributed by atoms with van der Waals surface area (Å²) in [4.78, 5) is 22.8. The Labute approximate surface area is 146 Å². The van der Waals surface area contributed by atoms with Gasteiger partial charge in [0, 0.05) is 6.08 Å². The Morgan fingerprint density at radius 3 is 2.52 bits per heavy atom. The molecule has 0 heterocycles. The van der Waals surface area contributed by atoms with Gasteiger partial charge < -0.3 is 14.2 Å². The van der Waals surface area contributed by atoms with Crippen LogP contribution in [-0.4, -0.2) is 47.2 Å². The van der Waals surface area contributed by atoms with E-state index in [4.69, 9.17) is 14.2 Å². The highest BCUT2D eigenvalue weighted by atomic mass is 32.2.